The van der Waals surface area contributed by atoms with Crippen LogP contribution >= 0.6 is 0 Å². The molecule has 2 aromatic heterocycles. The van der Waals surface area contributed by atoms with Crippen molar-refractivity contribution in [2.75, 3.05) is 0 Å². The highest BCUT2D eigenvalue weighted by molar-refractivity contribution is 6.19. The fraction of sp³-hybridized carbons (Fsp3) is 0.156. The quantitative estimate of drug-likeness (QED) is 0.244. The van der Waals surface area contributed by atoms with E-state index >= 15 is 0 Å². The van der Waals surface area contributed by atoms with Crippen LogP contribution in [-0.4, -0.2) is 0 Å². The molecule has 166 valence electrons. The van der Waals surface area contributed by atoms with Crippen LogP contribution in [0.3, 0.4) is 0 Å². The first-order chi connectivity index (χ1) is 18.9. The molecular formula is C32H28NO+. The lowest BCUT2D eigenvalue weighted by Gasteiger charge is -2.11. The zero-order valence-corrected chi connectivity index (χ0v) is 19.4. The minimum Gasteiger partial charge on any atom is -0.454 e. The first kappa shape index (κ1) is 15.1. The van der Waals surface area contributed by atoms with Crippen molar-refractivity contribution in [3.63, 3.8) is 0 Å². The maximum atomic E-state index is 8.37. The molecule has 0 aliphatic carbocycles. The van der Waals surface area contributed by atoms with E-state index < -0.39 is 13.7 Å². The minimum atomic E-state index is -2.36. The van der Waals surface area contributed by atoms with Gasteiger partial charge < -0.3 is 4.42 Å². The van der Waals surface area contributed by atoms with Crippen molar-refractivity contribution in [1.82, 2.24) is 0 Å². The van der Waals surface area contributed by atoms with Gasteiger partial charge in [0.1, 0.15) is 18.2 Å². The summed E-state index contributed by atoms with van der Waals surface area (Å²) in [6.45, 7) is -0.794. The number of rotatable bonds is 2. The highest BCUT2D eigenvalue weighted by atomic mass is 16.3. The second-order valence-electron chi connectivity index (χ2n) is 9.00. The third-order valence-corrected chi connectivity index (χ3v) is 6.77. The lowest BCUT2D eigenvalue weighted by atomic mass is 9.93. The molecule has 0 saturated carbocycles. The molecule has 2 nitrogen and oxygen atoms in total. The summed E-state index contributed by atoms with van der Waals surface area (Å²) in [6.07, 6.45) is 1.65. The van der Waals surface area contributed by atoms with Crippen LogP contribution in [0.5, 0.6) is 0 Å². The molecule has 6 rings (SSSR count). The van der Waals surface area contributed by atoms with E-state index in [1.165, 1.54) is 0 Å². The van der Waals surface area contributed by atoms with E-state index in [9.17, 15) is 0 Å². The number of aryl methyl sites for hydroxylation is 5. The summed E-state index contributed by atoms with van der Waals surface area (Å²) in [5, 5.41) is 3.27. The number of hydrogen-bond acceptors (Lipinski definition) is 1. The van der Waals surface area contributed by atoms with Crippen molar-refractivity contribution >= 4 is 32.7 Å². The largest absolute Gasteiger partial charge is 0.454 e. The third kappa shape index (κ3) is 2.99. The number of hydrogen-bond donors (Lipinski definition) is 0. The van der Waals surface area contributed by atoms with Crippen LogP contribution < -0.4 is 4.57 Å². The van der Waals surface area contributed by atoms with Crippen LogP contribution in [0, 0.1) is 27.6 Å². The number of nitrogens with zero attached hydrogens (tertiary/aromatic N) is 1. The molecule has 0 atom stereocenters. The Morgan fingerprint density at radius 2 is 1.44 bits per heavy atom. The van der Waals surface area contributed by atoms with E-state index in [4.69, 9.17) is 12.6 Å². The van der Waals surface area contributed by atoms with Gasteiger partial charge in [0.2, 0.25) is 5.69 Å². The van der Waals surface area contributed by atoms with Crippen molar-refractivity contribution < 1.29 is 17.2 Å². The summed E-state index contributed by atoms with van der Waals surface area (Å²) < 4.78 is 58.2. The van der Waals surface area contributed by atoms with Crippen molar-refractivity contribution in [3.8, 4) is 22.4 Å². The summed E-state index contributed by atoms with van der Waals surface area (Å²) in [5.41, 5.74) is 6.20. The predicted octanol–water partition coefficient (Wildman–Crippen LogP) is 8.13. The van der Waals surface area contributed by atoms with Gasteiger partial charge in [0, 0.05) is 36.0 Å². The van der Waals surface area contributed by atoms with E-state index in [0.29, 0.717) is 22.1 Å². The molecule has 0 amide bonds. The second kappa shape index (κ2) is 7.56. The molecule has 0 radical (unpaired) electrons. The molecular weight excluding hydrogens is 414 g/mol. The molecule has 2 heteroatoms. The molecule has 0 spiro atoms. The summed E-state index contributed by atoms with van der Waals surface area (Å²) in [6, 6.07) is 23.0. The molecule has 4 aromatic carbocycles. The zero-order chi connectivity index (χ0) is 28.6. The van der Waals surface area contributed by atoms with Gasteiger partial charge in [-0.3, -0.25) is 0 Å². The van der Waals surface area contributed by atoms with Crippen LogP contribution in [0.15, 0.2) is 83.4 Å². The second-order valence-corrected chi connectivity index (χ2v) is 9.00. The van der Waals surface area contributed by atoms with Crippen LogP contribution in [0.1, 0.15) is 30.5 Å². The standard InChI is InChI=1S/C32H28NO/c1-19-16-27-29-20(2)15-21(3)30(32(29)34-31(27)25-14-10-9-13-24(19)25)28-17-26(22(4)18-33(28)5)23-11-7-6-8-12-23/h6-18H,1-5H3/q+1/i2D3,4D3. The Kier molecular flexibility index (Phi) is 3.35. The predicted molar refractivity (Wildman–Crippen MR) is 142 cm³/mol. The average Bonchev–Trinajstić information content (AvgIpc) is 3.27. The number of fused-ring (bicyclic) bond motifs is 5. The number of aromatic nitrogens is 1. The Balaban J connectivity index is 1.78. The molecule has 0 saturated heterocycles. The highest BCUT2D eigenvalue weighted by Crippen LogP contribution is 2.42. The number of benzene rings is 4. The van der Waals surface area contributed by atoms with E-state index in [1.807, 2.05) is 87.6 Å². The maximum absolute atomic E-state index is 8.37. The highest BCUT2D eigenvalue weighted by Gasteiger charge is 2.24. The normalized spacial score (nSPS) is 15.0. The van der Waals surface area contributed by atoms with Crippen molar-refractivity contribution in [2.24, 2.45) is 7.05 Å². The molecule has 0 aliphatic rings. The lowest BCUT2D eigenvalue weighted by Crippen LogP contribution is -2.31. The van der Waals surface area contributed by atoms with E-state index in [0.717, 1.165) is 44.1 Å². The summed E-state index contributed by atoms with van der Waals surface area (Å²) in [4.78, 5) is 0. The molecule has 34 heavy (non-hydrogen) atoms. The van der Waals surface area contributed by atoms with Gasteiger partial charge in [-0.2, -0.15) is 0 Å². The molecule has 0 aliphatic heterocycles. The fourth-order valence-electron chi connectivity index (χ4n) is 5.16. The van der Waals surface area contributed by atoms with Crippen LogP contribution in [0.2, 0.25) is 0 Å². The Hall–Kier alpha value is -3.91. The van der Waals surface area contributed by atoms with E-state index in [1.54, 1.807) is 16.8 Å². The molecule has 0 bridgehead atoms. The van der Waals surface area contributed by atoms with Gasteiger partial charge in [-0.05, 0) is 66.8 Å². The summed E-state index contributed by atoms with van der Waals surface area (Å²) in [5.74, 6) is 0. The first-order valence-electron chi connectivity index (χ1n) is 14.3. The van der Waals surface area contributed by atoms with E-state index in [-0.39, 0.29) is 11.1 Å². The third-order valence-electron chi connectivity index (χ3n) is 6.77. The van der Waals surface area contributed by atoms with Gasteiger partial charge >= 0.3 is 0 Å². The lowest BCUT2D eigenvalue weighted by molar-refractivity contribution is -0.660. The van der Waals surface area contributed by atoms with Crippen LogP contribution in [-0.2, 0) is 7.05 Å². The first-order valence-corrected chi connectivity index (χ1v) is 11.3. The number of furan rings is 1. The molecule has 2 heterocycles. The van der Waals surface area contributed by atoms with Gasteiger partial charge in [-0.25, -0.2) is 4.57 Å². The smallest absolute Gasteiger partial charge is 0.216 e. The monoisotopic (exact) mass is 448 g/mol. The van der Waals surface area contributed by atoms with Crippen LogP contribution in [0.25, 0.3) is 55.1 Å². The van der Waals surface area contributed by atoms with E-state index in [2.05, 4.69) is 0 Å². The van der Waals surface area contributed by atoms with Gasteiger partial charge in [-0.15, -0.1) is 0 Å². The number of pyridine rings is 1. The van der Waals surface area contributed by atoms with Crippen molar-refractivity contribution in [1.29, 1.82) is 0 Å². The topological polar surface area (TPSA) is 17.0 Å². The van der Waals surface area contributed by atoms with Gasteiger partial charge in [0.25, 0.3) is 0 Å². The zero-order valence-electron chi connectivity index (χ0n) is 25.4. The average molecular weight is 449 g/mol. The summed E-state index contributed by atoms with van der Waals surface area (Å²) >= 11 is 0. The fourth-order valence-corrected chi connectivity index (χ4v) is 5.16. The van der Waals surface area contributed by atoms with Crippen molar-refractivity contribution in [3.05, 3.63) is 101 Å². The SMILES string of the molecule is [2H]C([2H])([2H])c1c[n+](C)c(-c2c(C)cc(C([2H])([2H])[2H])c3c2oc2c4ccccc4c(C)cc23)cc1-c1ccccc1. The molecule has 0 N–H and O–H groups in total. The Bertz CT molecular complexity index is 1950. The summed E-state index contributed by atoms with van der Waals surface area (Å²) in [7, 11) is 1.81. The van der Waals surface area contributed by atoms with Gasteiger partial charge in [-0.1, -0.05) is 60.7 Å². The minimum absolute atomic E-state index is 0.238. The maximum Gasteiger partial charge on any atom is 0.216 e. The van der Waals surface area contributed by atoms with Crippen molar-refractivity contribution in [2.45, 2.75) is 27.6 Å². The Morgan fingerprint density at radius 1 is 0.706 bits per heavy atom. The Morgan fingerprint density at radius 3 is 2.21 bits per heavy atom. The Labute approximate surface area is 208 Å². The molecule has 6 aromatic rings. The molecule has 0 fully saturated rings. The van der Waals surface area contributed by atoms with Gasteiger partial charge in [0.05, 0.1) is 5.56 Å². The molecule has 0 unspecified atom stereocenters. The van der Waals surface area contributed by atoms with Gasteiger partial charge in [0.15, 0.2) is 6.20 Å². The van der Waals surface area contributed by atoms with Crippen LogP contribution in [0.4, 0.5) is 0 Å².